The number of hydrogen-bond acceptors (Lipinski definition) is 5. The molecular formula is C23H31Cl2NO4S. The summed E-state index contributed by atoms with van der Waals surface area (Å²) in [5, 5.41) is 3.44. The van der Waals surface area contributed by atoms with Gasteiger partial charge in [-0.25, -0.2) is 0 Å². The third kappa shape index (κ3) is 7.69. The number of anilines is 1. The third-order valence-electron chi connectivity index (χ3n) is 5.75. The van der Waals surface area contributed by atoms with Crippen LogP contribution in [0.2, 0.25) is 10.0 Å². The lowest BCUT2D eigenvalue weighted by molar-refractivity contribution is -0.141. The Bertz CT molecular complexity index is 807. The van der Waals surface area contributed by atoms with Crippen molar-refractivity contribution in [3.8, 4) is 0 Å². The van der Waals surface area contributed by atoms with Gasteiger partial charge in [0.05, 0.1) is 29.3 Å². The highest BCUT2D eigenvalue weighted by Crippen LogP contribution is 2.43. The highest BCUT2D eigenvalue weighted by atomic mass is 35.5. The van der Waals surface area contributed by atoms with Gasteiger partial charge in [0.2, 0.25) is 5.91 Å². The van der Waals surface area contributed by atoms with Crippen molar-refractivity contribution < 1.29 is 19.1 Å². The molecule has 0 bridgehead atoms. The first-order chi connectivity index (χ1) is 14.7. The highest BCUT2D eigenvalue weighted by Gasteiger charge is 2.39. The van der Waals surface area contributed by atoms with Crippen LogP contribution in [0.4, 0.5) is 5.69 Å². The molecular weight excluding hydrogens is 457 g/mol. The second-order valence-corrected chi connectivity index (χ2v) is 10.5. The first-order valence-corrected chi connectivity index (χ1v) is 12.3. The van der Waals surface area contributed by atoms with Crippen LogP contribution in [-0.4, -0.2) is 24.1 Å². The molecule has 0 atom stereocenters. The van der Waals surface area contributed by atoms with Crippen LogP contribution >= 0.6 is 35.0 Å². The van der Waals surface area contributed by atoms with Crippen LogP contribution in [0.3, 0.4) is 0 Å². The maximum Gasteiger partial charge on any atom is 0.305 e. The van der Waals surface area contributed by atoms with Gasteiger partial charge in [-0.05, 0) is 55.5 Å². The van der Waals surface area contributed by atoms with E-state index in [2.05, 4.69) is 23.9 Å². The van der Waals surface area contributed by atoms with Crippen LogP contribution in [0.15, 0.2) is 17.0 Å². The fraction of sp³-hybridized carbons (Fsp3) is 0.609. The van der Waals surface area contributed by atoms with Crippen molar-refractivity contribution in [2.45, 2.75) is 76.5 Å². The minimum Gasteiger partial charge on any atom is -0.469 e. The van der Waals surface area contributed by atoms with Gasteiger partial charge in [-0.15, -0.1) is 0 Å². The molecule has 1 aromatic rings. The number of nitrogens with one attached hydrogen (secondary N) is 1. The topological polar surface area (TPSA) is 72.5 Å². The Labute approximate surface area is 199 Å². The van der Waals surface area contributed by atoms with Crippen molar-refractivity contribution in [2.75, 3.05) is 12.4 Å². The lowest BCUT2D eigenvalue weighted by atomic mass is 9.69. The molecule has 1 aliphatic carbocycles. The van der Waals surface area contributed by atoms with Crippen LogP contribution in [-0.2, 0) is 19.1 Å². The molecule has 1 amide bonds. The van der Waals surface area contributed by atoms with Crippen molar-refractivity contribution in [1.82, 2.24) is 0 Å². The molecule has 1 aromatic carbocycles. The molecule has 0 aliphatic heterocycles. The lowest BCUT2D eigenvalue weighted by Gasteiger charge is -2.36. The van der Waals surface area contributed by atoms with Gasteiger partial charge in [-0.1, -0.05) is 56.3 Å². The number of rotatable bonds is 9. The molecule has 31 heavy (non-hydrogen) atoms. The van der Waals surface area contributed by atoms with Gasteiger partial charge in [0.1, 0.15) is 0 Å². The maximum absolute atomic E-state index is 13.4. The van der Waals surface area contributed by atoms with Crippen molar-refractivity contribution in [2.24, 2.45) is 11.3 Å². The van der Waals surface area contributed by atoms with Gasteiger partial charge in [0, 0.05) is 16.7 Å². The van der Waals surface area contributed by atoms with Crippen molar-refractivity contribution >= 4 is 57.6 Å². The molecule has 0 unspecified atom stereocenters. The molecule has 8 heteroatoms. The average molecular weight is 488 g/mol. The van der Waals surface area contributed by atoms with Crippen molar-refractivity contribution in [1.29, 1.82) is 0 Å². The Balaban J connectivity index is 2.21. The van der Waals surface area contributed by atoms with Crippen molar-refractivity contribution in [3.05, 3.63) is 22.2 Å². The Kier molecular flexibility index (Phi) is 10.2. The van der Waals surface area contributed by atoms with E-state index in [4.69, 9.17) is 23.2 Å². The van der Waals surface area contributed by atoms with Crippen LogP contribution in [0.25, 0.3) is 0 Å². The summed E-state index contributed by atoms with van der Waals surface area (Å²) < 4.78 is 4.58. The molecule has 0 aromatic heterocycles. The molecule has 0 radical (unpaired) electrons. The summed E-state index contributed by atoms with van der Waals surface area (Å²) in [6.45, 7) is 4.34. The number of carbonyl (C=O) groups excluding carboxylic acids is 3. The number of carbonyl (C=O) groups is 3. The Morgan fingerprint density at radius 3 is 2.35 bits per heavy atom. The summed E-state index contributed by atoms with van der Waals surface area (Å²) in [5.41, 5.74) is 0.0798. The zero-order chi connectivity index (χ0) is 23.0. The molecule has 0 heterocycles. The number of halogens is 2. The molecule has 1 saturated carbocycles. The van der Waals surface area contributed by atoms with E-state index in [0.717, 1.165) is 56.7 Å². The van der Waals surface area contributed by atoms with Gasteiger partial charge >= 0.3 is 5.97 Å². The minimum absolute atomic E-state index is 0.00363. The van der Waals surface area contributed by atoms with Crippen LogP contribution in [0.5, 0.6) is 0 Å². The quantitative estimate of drug-likeness (QED) is 0.303. The smallest absolute Gasteiger partial charge is 0.305 e. The van der Waals surface area contributed by atoms with E-state index in [-0.39, 0.29) is 23.9 Å². The summed E-state index contributed by atoms with van der Waals surface area (Å²) in [6.07, 6.45) is 6.84. The third-order valence-corrected chi connectivity index (χ3v) is 7.46. The number of thioether (sulfide) groups is 1. The summed E-state index contributed by atoms with van der Waals surface area (Å²) >= 11 is 13.3. The van der Waals surface area contributed by atoms with Crippen LogP contribution in [0.1, 0.15) is 71.6 Å². The van der Waals surface area contributed by atoms with Gasteiger partial charge in [0.15, 0.2) is 5.12 Å². The highest BCUT2D eigenvalue weighted by molar-refractivity contribution is 8.13. The van der Waals surface area contributed by atoms with Gasteiger partial charge in [-0.2, -0.15) is 0 Å². The van der Waals surface area contributed by atoms with E-state index in [0.29, 0.717) is 26.5 Å². The molecule has 2 rings (SSSR count). The van der Waals surface area contributed by atoms with E-state index >= 15 is 0 Å². The number of methoxy groups -OCH3 is 1. The largest absolute Gasteiger partial charge is 0.469 e. The fourth-order valence-electron chi connectivity index (χ4n) is 3.83. The zero-order valence-corrected chi connectivity index (χ0v) is 20.7. The zero-order valence-electron chi connectivity index (χ0n) is 18.4. The molecule has 0 spiro atoms. The average Bonchev–Trinajstić information content (AvgIpc) is 2.74. The first kappa shape index (κ1) is 26.0. The fourth-order valence-corrected chi connectivity index (χ4v) is 5.07. The molecule has 1 fully saturated rings. The minimum atomic E-state index is -0.444. The first-order valence-electron chi connectivity index (χ1n) is 10.7. The van der Waals surface area contributed by atoms with E-state index in [1.165, 1.54) is 7.11 Å². The summed E-state index contributed by atoms with van der Waals surface area (Å²) in [7, 11) is 1.28. The number of hydrogen-bond donors (Lipinski definition) is 1. The van der Waals surface area contributed by atoms with E-state index in [9.17, 15) is 14.4 Å². The lowest BCUT2D eigenvalue weighted by Crippen LogP contribution is -2.38. The standard InChI is InChI=1S/C23H31Cl2NO4S/c1-15(2)9-12-23(10-5-4-6-11-23)22(29)26-18-13-16(24)17(25)14-19(18)31-21(28)8-7-20(27)30-3/h13-15H,4-12H2,1-3H3,(H,26,29). The number of ether oxygens (including phenoxy) is 1. The summed E-state index contributed by atoms with van der Waals surface area (Å²) in [4.78, 5) is 37.7. The number of amides is 1. The number of esters is 1. The Hall–Kier alpha value is -1.24. The second kappa shape index (κ2) is 12.1. The van der Waals surface area contributed by atoms with Crippen molar-refractivity contribution in [3.63, 3.8) is 0 Å². The van der Waals surface area contributed by atoms with E-state index in [1.54, 1.807) is 12.1 Å². The molecule has 172 valence electrons. The van der Waals surface area contributed by atoms with E-state index in [1.807, 2.05) is 0 Å². The molecule has 0 saturated heterocycles. The van der Waals surface area contributed by atoms with Crippen LogP contribution < -0.4 is 5.32 Å². The summed E-state index contributed by atoms with van der Waals surface area (Å²) in [5.74, 6) is 0.0613. The predicted octanol–water partition coefficient (Wildman–Crippen LogP) is 6.89. The number of benzene rings is 1. The Morgan fingerprint density at radius 1 is 1.10 bits per heavy atom. The van der Waals surface area contributed by atoms with Gasteiger partial charge < -0.3 is 10.1 Å². The maximum atomic E-state index is 13.4. The predicted molar refractivity (Wildman–Crippen MR) is 127 cm³/mol. The SMILES string of the molecule is COC(=O)CCC(=O)Sc1cc(Cl)c(Cl)cc1NC(=O)C1(CCC(C)C)CCCCC1. The van der Waals surface area contributed by atoms with Gasteiger partial charge in [0.25, 0.3) is 0 Å². The normalized spacial score (nSPS) is 15.5. The second-order valence-electron chi connectivity index (χ2n) is 8.54. The Morgan fingerprint density at radius 2 is 1.74 bits per heavy atom. The molecule has 5 nitrogen and oxygen atoms in total. The molecule has 1 aliphatic rings. The van der Waals surface area contributed by atoms with Gasteiger partial charge in [-0.3, -0.25) is 14.4 Å². The monoisotopic (exact) mass is 487 g/mol. The molecule has 1 N–H and O–H groups in total. The summed E-state index contributed by atoms with van der Waals surface area (Å²) in [6, 6.07) is 3.18. The van der Waals surface area contributed by atoms with Crippen LogP contribution in [0, 0.1) is 11.3 Å². The van der Waals surface area contributed by atoms with E-state index < -0.39 is 11.4 Å².